The van der Waals surface area contributed by atoms with Crippen molar-refractivity contribution < 1.29 is 13.4 Å². The number of rotatable bonds is 4. The van der Waals surface area contributed by atoms with E-state index in [4.69, 9.17) is 13.8 Å². The Morgan fingerprint density at radius 3 is 2.04 bits per heavy atom. The number of hydrogen-bond donors (Lipinski definition) is 0. The summed E-state index contributed by atoms with van der Waals surface area (Å²) in [7, 11) is 0. The monoisotopic (exact) mass is 638 g/mol. The van der Waals surface area contributed by atoms with Crippen LogP contribution < -0.4 is 9.30 Å². The van der Waals surface area contributed by atoms with Gasteiger partial charge in [-0.3, -0.25) is 4.57 Å². The Hall–Kier alpha value is -4.90. The summed E-state index contributed by atoms with van der Waals surface area (Å²) in [6.45, 7) is 17.5. The van der Waals surface area contributed by atoms with Crippen molar-refractivity contribution >= 4 is 32.8 Å². The van der Waals surface area contributed by atoms with Crippen LogP contribution >= 0.6 is 0 Å². The van der Waals surface area contributed by atoms with E-state index in [0.717, 1.165) is 61.5 Å². The second-order valence-corrected chi connectivity index (χ2v) is 16.0. The lowest BCUT2D eigenvalue weighted by atomic mass is 9.84. The van der Waals surface area contributed by atoms with Crippen LogP contribution in [0.3, 0.4) is 0 Å². The number of hydrogen-bond acceptors (Lipinski definition) is 2. The van der Waals surface area contributed by atoms with E-state index < -0.39 is 6.98 Å². The third-order valence-corrected chi connectivity index (χ3v) is 9.33. The van der Waals surface area contributed by atoms with Crippen LogP contribution in [0, 0.1) is 0 Å². The smallest absolute Gasteiger partial charge is 0.249 e. The average molecular weight is 639 g/mol. The SMILES string of the molecule is [2H]C([2H])([2H])[n+]1cn(-c2ccc(C(C)(C)C)c(Oc3cc4c(cc3C(C)(C)C)c3ccccc3n4-c3cc(C(C)(C)C)ccn3)c2)c2ccccc21. The molecule has 3 aromatic heterocycles. The van der Waals surface area contributed by atoms with Gasteiger partial charge in [-0.1, -0.05) is 98.7 Å². The molecule has 0 N–H and O–H groups in total. The van der Waals surface area contributed by atoms with Crippen LogP contribution in [0.1, 0.15) is 83.1 Å². The van der Waals surface area contributed by atoms with Crippen molar-refractivity contribution in [2.45, 2.75) is 78.6 Å². The lowest BCUT2D eigenvalue weighted by molar-refractivity contribution is -0.645. The maximum Gasteiger partial charge on any atom is 0.249 e. The molecule has 48 heavy (non-hydrogen) atoms. The van der Waals surface area contributed by atoms with Crippen molar-refractivity contribution in [2.75, 3.05) is 0 Å². The van der Waals surface area contributed by atoms with Crippen LogP contribution in [-0.4, -0.2) is 14.1 Å². The minimum Gasteiger partial charge on any atom is -0.457 e. The standard InChI is InChI=1S/C43H47N4O/c1-41(2,3)28-21-22-44-40(23-28)47-34-16-12-11-15-30(34)31-25-33(43(7,8)9)39(26-37(31)47)48-38-24-29(19-20-32(38)42(4,5)6)46-27-45(10)35-17-13-14-18-36(35)46/h11-27H,1-10H3/q+1/i10D3. The van der Waals surface area contributed by atoms with Crippen LogP contribution in [0.15, 0.2) is 104 Å². The second kappa shape index (κ2) is 11.1. The normalized spacial score (nSPS) is 14.0. The molecule has 7 rings (SSSR count). The molecule has 0 aliphatic rings. The minimum atomic E-state index is -2.33. The lowest BCUT2D eigenvalue weighted by Crippen LogP contribution is -2.25. The van der Waals surface area contributed by atoms with Crippen molar-refractivity contribution in [1.29, 1.82) is 0 Å². The molecule has 0 radical (unpaired) electrons. The molecule has 5 nitrogen and oxygen atoms in total. The predicted octanol–water partition coefficient (Wildman–Crippen LogP) is 10.6. The van der Waals surface area contributed by atoms with Crippen LogP contribution in [0.4, 0.5) is 0 Å². The van der Waals surface area contributed by atoms with Gasteiger partial charge in [0.05, 0.1) is 22.1 Å². The Labute approximate surface area is 288 Å². The van der Waals surface area contributed by atoms with Gasteiger partial charge >= 0.3 is 0 Å². The number of aromatic nitrogens is 4. The molecule has 4 aromatic carbocycles. The Bertz CT molecular complexity index is 2450. The summed E-state index contributed by atoms with van der Waals surface area (Å²) in [4.78, 5) is 4.89. The van der Waals surface area contributed by atoms with Crippen LogP contribution in [-0.2, 0) is 23.2 Å². The Balaban J connectivity index is 1.48. The molecule has 0 spiro atoms. The van der Waals surface area contributed by atoms with Crippen LogP contribution in [0.2, 0.25) is 0 Å². The maximum atomic E-state index is 8.20. The zero-order valence-corrected chi connectivity index (χ0v) is 29.5. The summed E-state index contributed by atoms with van der Waals surface area (Å²) in [6.07, 6.45) is 3.57. The fourth-order valence-corrected chi connectivity index (χ4v) is 6.72. The number of imidazole rings is 1. The summed E-state index contributed by atoms with van der Waals surface area (Å²) in [5.41, 5.74) is 7.19. The highest BCUT2D eigenvalue weighted by Crippen LogP contribution is 2.44. The quantitative estimate of drug-likeness (QED) is 0.180. The first-order valence-electron chi connectivity index (χ1n) is 18.2. The van der Waals surface area contributed by atoms with E-state index in [-0.39, 0.29) is 16.2 Å². The van der Waals surface area contributed by atoms with Gasteiger partial charge < -0.3 is 4.74 Å². The highest BCUT2D eigenvalue weighted by atomic mass is 16.5. The summed E-state index contributed by atoms with van der Waals surface area (Å²) in [6, 6.07) is 31.0. The number of fused-ring (bicyclic) bond motifs is 4. The van der Waals surface area contributed by atoms with Gasteiger partial charge in [-0.05, 0) is 64.3 Å². The molecule has 3 heterocycles. The van der Waals surface area contributed by atoms with Gasteiger partial charge in [0.25, 0.3) is 0 Å². The van der Waals surface area contributed by atoms with Crippen LogP contribution in [0.5, 0.6) is 11.5 Å². The third kappa shape index (κ3) is 5.45. The molecule has 0 saturated carbocycles. The number of para-hydroxylation sites is 3. The lowest BCUT2D eigenvalue weighted by Gasteiger charge is -2.27. The first kappa shape index (κ1) is 28.1. The Morgan fingerprint density at radius 1 is 0.646 bits per heavy atom. The highest BCUT2D eigenvalue weighted by molar-refractivity contribution is 6.10. The number of aryl methyl sites for hydroxylation is 1. The summed E-state index contributed by atoms with van der Waals surface area (Å²) >= 11 is 0. The van der Waals surface area contributed by atoms with E-state index in [1.54, 1.807) is 6.33 Å². The number of benzene rings is 4. The van der Waals surface area contributed by atoms with Gasteiger partial charge in [0, 0.05) is 40.2 Å². The molecular formula is C43H47N4O+. The van der Waals surface area contributed by atoms with Crippen molar-refractivity contribution in [3.63, 3.8) is 0 Å². The van der Waals surface area contributed by atoms with Gasteiger partial charge in [0.2, 0.25) is 6.33 Å². The van der Waals surface area contributed by atoms with Gasteiger partial charge in [-0.2, -0.15) is 4.57 Å². The molecule has 7 aromatic rings. The molecule has 0 atom stereocenters. The third-order valence-electron chi connectivity index (χ3n) is 9.33. The average Bonchev–Trinajstić information content (AvgIpc) is 3.59. The summed E-state index contributed by atoms with van der Waals surface area (Å²) < 4.78 is 37.3. The van der Waals surface area contributed by atoms with Crippen molar-refractivity contribution in [2.24, 2.45) is 6.98 Å². The van der Waals surface area contributed by atoms with Crippen LogP contribution in [0.25, 0.3) is 44.3 Å². The zero-order chi connectivity index (χ0) is 36.7. The van der Waals surface area contributed by atoms with Gasteiger partial charge in [0.1, 0.15) is 23.0 Å². The summed E-state index contributed by atoms with van der Waals surface area (Å²) in [5.74, 6) is 2.35. The van der Waals surface area contributed by atoms with Gasteiger partial charge in [-0.15, -0.1) is 0 Å². The van der Waals surface area contributed by atoms with Crippen molar-refractivity contribution in [3.05, 3.63) is 120 Å². The molecule has 0 unspecified atom stereocenters. The van der Waals surface area contributed by atoms with E-state index in [0.29, 0.717) is 5.52 Å². The van der Waals surface area contributed by atoms with E-state index in [1.165, 1.54) is 10.1 Å². The number of ether oxygens (including phenoxy) is 1. The maximum absolute atomic E-state index is 8.20. The first-order chi connectivity index (χ1) is 23.8. The number of nitrogens with zero attached hydrogens (tertiary/aromatic N) is 4. The molecule has 0 bridgehead atoms. The Kier molecular flexibility index (Phi) is 6.50. The summed E-state index contributed by atoms with van der Waals surface area (Å²) in [5, 5.41) is 2.30. The van der Waals surface area contributed by atoms with Gasteiger partial charge in [0.15, 0.2) is 11.0 Å². The topological polar surface area (TPSA) is 35.9 Å². The molecule has 5 heteroatoms. The van der Waals surface area contributed by atoms with Crippen molar-refractivity contribution in [3.8, 4) is 23.0 Å². The molecule has 0 aliphatic heterocycles. The van der Waals surface area contributed by atoms with Gasteiger partial charge in [-0.25, -0.2) is 9.55 Å². The molecule has 0 saturated heterocycles. The zero-order valence-electron chi connectivity index (χ0n) is 32.5. The van der Waals surface area contributed by atoms with E-state index in [1.807, 2.05) is 47.2 Å². The number of pyridine rings is 1. The van der Waals surface area contributed by atoms with E-state index in [9.17, 15) is 0 Å². The largest absolute Gasteiger partial charge is 0.457 e. The fraction of sp³-hybridized carbons (Fsp3) is 0.302. The second-order valence-electron chi connectivity index (χ2n) is 16.0. The van der Waals surface area contributed by atoms with E-state index in [2.05, 4.69) is 121 Å². The highest BCUT2D eigenvalue weighted by Gasteiger charge is 2.27. The predicted molar refractivity (Wildman–Crippen MR) is 199 cm³/mol. The molecule has 244 valence electrons. The van der Waals surface area contributed by atoms with E-state index >= 15 is 0 Å². The van der Waals surface area contributed by atoms with Crippen molar-refractivity contribution in [1.82, 2.24) is 14.1 Å². The minimum absolute atomic E-state index is 0.0354. The molecule has 0 aliphatic carbocycles. The first-order valence-corrected chi connectivity index (χ1v) is 16.7. The Morgan fingerprint density at radius 2 is 1.33 bits per heavy atom. The molecular weight excluding hydrogens is 589 g/mol. The molecule has 0 amide bonds. The molecule has 0 fully saturated rings. The fourth-order valence-electron chi connectivity index (χ4n) is 6.72.